The number of rotatable bonds is 5. The van der Waals surface area contributed by atoms with E-state index < -0.39 is 0 Å². The Balaban J connectivity index is 1.01. The summed E-state index contributed by atoms with van der Waals surface area (Å²) in [5, 5.41) is 9.60. The van der Waals surface area contributed by atoms with E-state index in [1.807, 2.05) is 22.7 Å². The van der Waals surface area contributed by atoms with Crippen molar-refractivity contribution in [2.75, 3.05) is 0 Å². The number of benzene rings is 9. The fourth-order valence-electron chi connectivity index (χ4n) is 8.99. The van der Waals surface area contributed by atoms with E-state index in [1.165, 1.54) is 51.1 Å². The summed E-state index contributed by atoms with van der Waals surface area (Å²) in [6, 6.07) is 66.7. The molecule has 0 aliphatic rings. The zero-order chi connectivity index (χ0) is 40.0. The Morgan fingerprint density at radius 2 is 0.754 bits per heavy atom. The molecule has 9 aromatic carbocycles. The summed E-state index contributed by atoms with van der Waals surface area (Å²) in [6.07, 6.45) is 0. The van der Waals surface area contributed by atoms with E-state index in [2.05, 4.69) is 193 Å². The van der Waals surface area contributed by atoms with Crippen LogP contribution in [0.25, 0.3) is 124 Å². The molecule has 7 heteroatoms. The Morgan fingerprint density at radius 3 is 1.34 bits per heavy atom. The lowest BCUT2D eigenvalue weighted by molar-refractivity contribution is 1.07. The van der Waals surface area contributed by atoms with E-state index in [0.717, 1.165) is 55.6 Å². The number of nitrogens with zero attached hydrogens (tertiary/aromatic N) is 5. The van der Waals surface area contributed by atoms with Gasteiger partial charge in [0.1, 0.15) is 5.82 Å². The lowest BCUT2D eigenvalue weighted by atomic mass is 10.00. The first kappa shape index (κ1) is 34.3. The van der Waals surface area contributed by atoms with E-state index in [-0.39, 0.29) is 0 Å². The molecular weight excluding hydrogens is 783 g/mol. The average Bonchev–Trinajstić information content (AvgIpc) is 4.04. The first-order valence-corrected chi connectivity index (χ1v) is 21.9. The summed E-state index contributed by atoms with van der Waals surface area (Å²) in [4.78, 5) is 21.1. The van der Waals surface area contributed by atoms with Crippen LogP contribution < -0.4 is 0 Å². The first-order valence-electron chi connectivity index (χ1n) is 20.3. The van der Waals surface area contributed by atoms with E-state index in [1.54, 1.807) is 0 Å². The van der Waals surface area contributed by atoms with Crippen molar-refractivity contribution in [3.63, 3.8) is 0 Å². The molecule has 0 fully saturated rings. The molecular formula is C54H31N5S2. The van der Waals surface area contributed by atoms with Gasteiger partial charge in [0.05, 0.1) is 11.0 Å². The quantitative estimate of drug-likeness (QED) is 0.162. The fraction of sp³-hybridized carbons (Fsp3) is 0. The SMILES string of the molecule is c1ccc(-c2nc3c4ccccc4c4ccccc4c3n2-c2ccc(-c3nc(-c4ccc5sc6ccccc6c5c4)nc(-c4ccc5sc6ccccc6c5c4)n3)cc2)cc1. The van der Waals surface area contributed by atoms with Crippen molar-refractivity contribution < 1.29 is 0 Å². The van der Waals surface area contributed by atoms with Gasteiger partial charge in [-0.05, 0) is 83.6 Å². The Kier molecular flexibility index (Phi) is 7.58. The molecule has 0 saturated carbocycles. The number of imidazole rings is 1. The molecule has 4 heterocycles. The van der Waals surface area contributed by atoms with Crippen molar-refractivity contribution in [2.24, 2.45) is 0 Å². The maximum Gasteiger partial charge on any atom is 0.164 e. The number of hydrogen-bond donors (Lipinski definition) is 0. The molecule has 13 aromatic rings. The van der Waals surface area contributed by atoms with Gasteiger partial charge in [-0.1, -0.05) is 115 Å². The predicted molar refractivity (Wildman–Crippen MR) is 257 cm³/mol. The van der Waals surface area contributed by atoms with Crippen LogP contribution in [-0.2, 0) is 0 Å². The van der Waals surface area contributed by atoms with Crippen molar-refractivity contribution in [2.45, 2.75) is 0 Å². The standard InChI is InChI=1S/C54H31N5S2/c1-2-12-33(13-3-1)54-55-49-41-18-6-4-14-37(41)38-15-5-7-19-42(38)50(49)59(54)36-26-22-32(23-27-36)51-56-52(34-24-28-47-43(30-34)39-16-8-10-20-45(39)60-47)58-53(57-51)35-25-29-48-44(31-35)40-17-9-11-21-46(40)61-48/h1-31H. The molecule has 0 saturated heterocycles. The van der Waals surface area contributed by atoms with Crippen molar-refractivity contribution >= 4 is 95.6 Å². The molecule has 0 bridgehead atoms. The molecule has 0 spiro atoms. The number of hydrogen-bond acceptors (Lipinski definition) is 6. The van der Waals surface area contributed by atoms with Crippen molar-refractivity contribution in [1.29, 1.82) is 0 Å². The topological polar surface area (TPSA) is 56.5 Å². The normalized spacial score (nSPS) is 11.9. The van der Waals surface area contributed by atoms with Gasteiger partial charge in [-0.3, -0.25) is 4.57 Å². The van der Waals surface area contributed by atoms with Gasteiger partial charge in [0, 0.05) is 79.1 Å². The minimum Gasteiger partial charge on any atom is -0.292 e. The number of aromatic nitrogens is 5. The van der Waals surface area contributed by atoms with Crippen LogP contribution in [-0.4, -0.2) is 24.5 Å². The average molecular weight is 814 g/mol. The van der Waals surface area contributed by atoms with E-state index in [4.69, 9.17) is 19.9 Å². The summed E-state index contributed by atoms with van der Waals surface area (Å²) in [6.45, 7) is 0. The molecule has 0 N–H and O–H groups in total. The highest BCUT2D eigenvalue weighted by Gasteiger charge is 2.21. The van der Waals surface area contributed by atoms with Crippen LogP contribution in [0.3, 0.4) is 0 Å². The second kappa shape index (κ2) is 13.5. The first-order chi connectivity index (χ1) is 30.2. The molecule has 0 radical (unpaired) electrons. The third kappa shape index (κ3) is 5.45. The molecule has 4 aromatic heterocycles. The molecule has 0 aliphatic carbocycles. The second-order valence-corrected chi connectivity index (χ2v) is 17.6. The summed E-state index contributed by atoms with van der Waals surface area (Å²) < 4.78 is 7.34. The predicted octanol–water partition coefficient (Wildman–Crippen LogP) is 14.9. The fourth-order valence-corrected chi connectivity index (χ4v) is 11.2. The maximum atomic E-state index is 5.41. The molecule has 13 rings (SSSR count). The third-order valence-electron chi connectivity index (χ3n) is 11.9. The second-order valence-electron chi connectivity index (χ2n) is 15.4. The smallest absolute Gasteiger partial charge is 0.164 e. The highest BCUT2D eigenvalue weighted by atomic mass is 32.1. The summed E-state index contributed by atoms with van der Waals surface area (Å²) in [5.74, 6) is 2.79. The summed E-state index contributed by atoms with van der Waals surface area (Å²) in [7, 11) is 0. The van der Waals surface area contributed by atoms with Gasteiger partial charge in [0.25, 0.3) is 0 Å². The van der Waals surface area contributed by atoms with Crippen molar-refractivity contribution in [3.8, 4) is 51.2 Å². The van der Waals surface area contributed by atoms with Crippen LogP contribution in [0.2, 0.25) is 0 Å². The number of fused-ring (bicyclic) bond motifs is 12. The Morgan fingerprint density at radius 1 is 0.311 bits per heavy atom. The maximum absolute atomic E-state index is 5.41. The molecule has 0 amide bonds. The van der Waals surface area contributed by atoms with Crippen LogP contribution >= 0.6 is 22.7 Å². The van der Waals surface area contributed by atoms with Gasteiger partial charge in [0.15, 0.2) is 17.5 Å². The van der Waals surface area contributed by atoms with Crippen LogP contribution in [0, 0.1) is 0 Å². The highest BCUT2D eigenvalue weighted by Crippen LogP contribution is 2.41. The van der Waals surface area contributed by atoms with Gasteiger partial charge < -0.3 is 0 Å². The van der Waals surface area contributed by atoms with Gasteiger partial charge in [-0.15, -0.1) is 22.7 Å². The Hall–Kier alpha value is -7.58. The zero-order valence-corrected chi connectivity index (χ0v) is 34.1. The van der Waals surface area contributed by atoms with E-state index >= 15 is 0 Å². The van der Waals surface area contributed by atoms with Crippen LogP contribution in [0.4, 0.5) is 0 Å². The Labute approximate surface area is 357 Å². The van der Waals surface area contributed by atoms with Gasteiger partial charge >= 0.3 is 0 Å². The summed E-state index contributed by atoms with van der Waals surface area (Å²) >= 11 is 3.62. The van der Waals surface area contributed by atoms with Gasteiger partial charge in [-0.2, -0.15) is 0 Å². The lowest BCUT2D eigenvalue weighted by Gasteiger charge is -2.13. The molecule has 0 atom stereocenters. The largest absolute Gasteiger partial charge is 0.292 e. The van der Waals surface area contributed by atoms with Crippen LogP contribution in [0.15, 0.2) is 188 Å². The van der Waals surface area contributed by atoms with E-state index in [0.29, 0.717) is 17.5 Å². The molecule has 284 valence electrons. The van der Waals surface area contributed by atoms with Gasteiger partial charge in [0.2, 0.25) is 0 Å². The minimum absolute atomic E-state index is 0.618. The third-order valence-corrected chi connectivity index (χ3v) is 14.2. The molecule has 0 aliphatic heterocycles. The molecule has 5 nitrogen and oxygen atoms in total. The van der Waals surface area contributed by atoms with Crippen molar-refractivity contribution in [3.05, 3.63) is 188 Å². The highest BCUT2D eigenvalue weighted by molar-refractivity contribution is 7.26. The molecule has 0 unspecified atom stereocenters. The summed E-state index contributed by atoms with van der Waals surface area (Å²) in [5.41, 5.74) is 6.93. The van der Waals surface area contributed by atoms with Crippen molar-refractivity contribution in [1.82, 2.24) is 24.5 Å². The Bertz CT molecular complexity index is 3750. The number of thiophene rings is 2. The van der Waals surface area contributed by atoms with Crippen LogP contribution in [0.1, 0.15) is 0 Å². The van der Waals surface area contributed by atoms with Crippen LogP contribution in [0.5, 0.6) is 0 Å². The monoisotopic (exact) mass is 813 g/mol. The van der Waals surface area contributed by atoms with E-state index in [9.17, 15) is 0 Å². The lowest BCUT2D eigenvalue weighted by Crippen LogP contribution is -2.01. The van der Waals surface area contributed by atoms with Gasteiger partial charge in [-0.25, -0.2) is 19.9 Å². The zero-order valence-electron chi connectivity index (χ0n) is 32.5. The minimum atomic E-state index is 0.618. The molecule has 61 heavy (non-hydrogen) atoms.